The number of carbonyl (C=O) groups excluding carboxylic acids is 1. The maximum absolute atomic E-state index is 12.2. The monoisotopic (exact) mass is 332 g/mol. The summed E-state index contributed by atoms with van der Waals surface area (Å²) in [4.78, 5) is 23.1. The van der Waals surface area contributed by atoms with E-state index in [-0.39, 0.29) is 11.9 Å². The third-order valence-corrected chi connectivity index (χ3v) is 4.48. The molecule has 1 saturated heterocycles. The summed E-state index contributed by atoms with van der Waals surface area (Å²) in [5.74, 6) is 0.907. The summed E-state index contributed by atoms with van der Waals surface area (Å²) >= 11 is 1.54. The molecule has 23 heavy (non-hydrogen) atoms. The lowest BCUT2D eigenvalue weighted by Crippen LogP contribution is -2.45. The molecule has 3 heterocycles. The number of hydrogen-bond donors (Lipinski definition) is 1. The number of hydrogen-bond acceptors (Lipinski definition) is 6. The topological polar surface area (TPSA) is 75.9 Å². The minimum absolute atomic E-state index is 0.0525. The van der Waals surface area contributed by atoms with Crippen molar-refractivity contribution in [3.05, 3.63) is 30.2 Å². The van der Waals surface area contributed by atoms with E-state index in [9.17, 15) is 4.79 Å². The van der Waals surface area contributed by atoms with Gasteiger partial charge in [-0.15, -0.1) is 0 Å². The van der Waals surface area contributed by atoms with Gasteiger partial charge in [-0.05, 0) is 25.2 Å². The highest BCUT2D eigenvalue weighted by molar-refractivity contribution is 7.98. The minimum Gasteiger partial charge on any atom is -0.356 e. The van der Waals surface area contributed by atoms with Crippen molar-refractivity contribution in [1.82, 2.24) is 25.1 Å². The Morgan fingerprint density at radius 1 is 1.39 bits per heavy atom. The molecule has 0 saturated carbocycles. The van der Waals surface area contributed by atoms with Crippen LogP contribution in [-0.4, -0.2) is 51.0 Å². The zero-order valence-corrected chi connectivity index (χ0v) is 14.1. The molecule has 1 aliphatic heterocycles. The van der Waals surface area contributed by atoms with E-state index in [1.807, 2.05) is 12.3 Å². The average molecular weight is 332 g/mol. The third kappa shape index (κ3) is 3.82. The number of rotatable bonds is 4. The minimum atomic E-state index is -0.0525. The summed E-state index contributed by atoms with van der Waals surface area (Å²) in [5.41, 5.74) is 0.607. The number of piperidine rings is 1. The zero-order valence-electron chi connectivity index (χ0n) is 13.3. The number of aromatic nitrogens is 4. The second-order valence-corrected chi connectivity index (χ2v) is 6.31. The van der Waals surface area contributed by atoms with Crippen LogP contribution >= 0.6 is 11.8 Å². The van der Waals surface area contributed by atoms with Crippen molar-refractivity contribution in [2.45, 2.75) is 24.0 Å². The SMILES string of the molecule is CSc1nccc(N2CCC(NC(=O)c3cnn(C)c3)CC2)n1. The van der Waals surface area contributed by atoms with E-state index < -0.39 is 0 Å². The van der Waals surface area contributed by atoms with Crippen molar-refractivity contribution in [2.24, 2.45) is 7.05 Å². The molecule has 3 rings (SSSR count). The lowest BCUT2D eigenvalue weighted by molar-refractivity contribution is 0.0931. The van der Waals surface area contributed by atoms with E-state index >= 15 is 0 Å². The molecular weight excluding hydrogens is 312 g/mol. The predicted molar refractivity (Wildman–Crippen MR) is 89.7 cm³/mol. The Kier molecular flexibility index (Phi) is 4.80. The normalized spacial score (nSPS) is 15.7. The van der Waals surface area contributed by atoms with E-state index in [2.05, 4.69) is 25.3 Å². The van der Waals surface area contributed by atoms with Gasteiger partial charge in [-0.25, -0.2) is 9.97 Å². The van der Waals surface area contributed by atoms with E-state index in [1.54, 1.807) is 42.1 Å². The van der Waals surface area contributed by atoms with Crippen LogP contribution in [-0.2, 0) is 7.05 Å². The van der Waals surface area contributed by atoms with Gasteiger partial charge in [0.2, 0.25) is 0 Å². The highest BCUT2D eigenvalue weighted by Gasteiger charge is 2.22. The van der Waals surface area contributed by atoms with Crippen molar-refractivity contribution in [2.75, 3.05) is 24.2 Å². The van der Waals surface area contributed by atoms with Gasteiger partial charge in [0, 0.05) is 38.6 Å². The number of aryl methyl sites for hydroxylation is 1. The smallest absolute Gasteiger partial charge is 0.254 e. The Labute approximate surface area is 139 Å². The Morgan fingerprint density at radius 3 is 2.83 bits per heavy atom. The summed E-state index contributed by atoms with van der Waals surface area (Å²) in [5, 5.41) is 7.90. The number of carbonyl (C=O) groups is 1. The van der Waals surface area contributed by atoms with Gasteiger partial charge in [-0.3, -0.25) is 9.48 Å². The Bertz CT molecular complexity index is 680. The van der Waals surface area contributed by atoms with Crippen LogP contribution in [0.1, 0.15) is 23.2 Å². The highest BCUT2D eigenvalue weighted by atomic mass is 32.2. The Morgan fingerprint density at radius 2 is 2.17 bits per heavy atom. The van der Waals surface area contributed by atoms with Crippen molar-refractivity contribution in [3.63, 3.8) is 0 Å². The molecule has 1 amide bonds. The number of thioether (sulfide) groups is 1. The maximum atomic E-state index is 12.2. The van der Waals surface area contributed by atoms with E-state index in [0.717, 1.165) is 36.9 Å². The van der Waals surface area contributed by atoms with Gasteiger partial charge in [0.05, 0.1) is 11.8 Å². The fraction of sp³-hybridized carbons (Fsp3) is 0.467. The summed E-state index contributed by atoms with van der Waals surface area (Å²) in [6.07, 6.45) is 8.91. The van der Waals surface area contributed by atoms with Gasteiger partial charge in [0.15, 0.2) is 5.16 Å². The lowest BCUT2D eigenvalue weighted by Gasteiger charge is -2.33. The fourth-order valence-corrected chi connectivity index (χ4v) is 3.02. The molecule has 0 atom stereocenters. The molecule has 0 bridgehead atoms. The van der Waals surface area contributed by atoms with Gasteiger partial charge >= 0.3 is 0 Å². The molecular formula is C15H20N6OS. The molecule has 0 unspecified atom stereocenters. The van der Waals surface area contributed by atoms with E-state index in [1.165, 1.54) is 0 Å². The van der Waals surface area contributed by atoms with E-state index in [0.29, 0.717) is 5.56 Å². The predicted octanol–water partition coefficient (Wildman–Crippen LogP) is 1.33. The number of nitrogens with zero attached hydrogens (tertiary/aromatic N) is 5. The molecule has 0 aromatic carbocycles. The first-order chi connectivity index (χ1) is 11.2. The highest BCUT2D eigenvalue weighted by Crippen LogP contribution is 2.20. The Hall–Kier alpha value is -2.09. The quantitative estimate of drug-likeness (QED) is 0.672. The molecule has 2 aromatic heterocycles. The van der Waals surface area contributed by atoms with Crippen molar-refractivity contribution >= 4 is 23.5 Å². The van der Waals surface area contributed by atoms with Crippen LogP contribution in [0.15, 0.2) is 29.8 Å². The molecule has 0 aliphatic carbocycles. The largest absolute Gasteiger partial charge is 0.356 e. The van der Waals surface area contributed by atoms with Crippen LogP contribution in [0, 0.1) is 0 Å². The van der Waals surface area contributed by atoms with Gasteiger partial charge in [0.25, 0.3) is 5.91 Å². The van der Waals surface area contributed by atoms with Crippen LogP contribution in [0.3, 0.4) is 0 Å². The summed E-state index contributed by atoms with van der Waals surface area (Å²) in [7, 11) is 1.81. The number of nitrogens with one attached hydrogen (secondary N) is 1. The standard InChI is InChI=1S/C15H20N6OS/c1-20-10-11(9-17-20)14(22)18-12-4-7-21(8-5-12)13-3-6-16-15(19-13)23-2/h3,6,9-10,12H,4-5,7-8H2,1-2H3,(H,18,22). The lowest BCUT2D eigenvalue weighted by atomic mass is 10.0. The fourth-order valence-electron chi connectivity index (χ4n) is 2.67. The Balaban J connectivity index is 1.55. The average Bonchev–Trinajstić information content (AvgIpc) is 3.02. The maximum Gasteiger partial charge on any atom is 0.254 e. The van der Waals surface area contributed by atoms with Crippen molar-refractivity contribution in [3.8, 4) is 0 Å². The second-order valence-electron chi connectivity index (χ2n) is 5.54. The first-order valence-corrected chi connectivity index (χ1v) is 8.79. The van der Waals surface area contributed by atoms with Gasteiger partial charge in [-0.1, -0.05) is 11.8 Å². The summed E-state index contributed by atoms with van der Waals surface area (Å²) in [6.45, 7) is 1.76. The van der Waals surface area contributed by atoms with Crippen LogP contribution < -0.4 is 10.2 Å². The van der Waals surface area contributed by atoms with Gasteiger partial charge in [-0.2, -0.15) is 5.10 Å². The zero-order chi connectivity index (χ0) is 16.2. The van der Waals surface area contributed by atoms with Gasteiger partial charge in [0.1, 0.15) is 5.82 Å². The molecule has 1 fully saturated rings. The molecule has 122 valence electrons. The molecule has 8 heteroatoms. The second kappa shape index (κ2) is 6.99. The van der Waals surface area contributed by atoms with Crippen molar-refractivity contribution < 1.29 is 4.79 Å². The van der Waals surface area contributed by atoms with Crippen LogP contribution in [0.25, 0.3) is 0 Å². The van der Waals surface area contributed by atoms with Crippen LogP contribution in [0.5, 0.6) is 0 Å². The molecule has 7 nitrogen and oxygen atoms in total. The molecule has 1 N–H and O–H groups in total. The molecule has 0 spiro atoms. The summed E-state index contributed by atoms with van der Waals surface area (Å²) in [6, 6.07) is 2.13. The van der Waals surface area contributed by atoms with E-state index in [4.69, 9.17) is 0 Å². The molecule has 0 radical (unpaired) electrons. The number of amides is 1. The first-order valence-electron chi connectivity index (χ1n) is 7.57. The molecule has 2 aromatic rings. The number of anilines is 1. The van der Waals surface area contributed by atoms with Crippen LogP contribution in [0.4, 0.5) is 5.82 Å². The van der Waals surface area contributed by atoms with Gasteiger partial charge < -0.3 is 10.2 Å². The third-order valence-electron chi connectivity index (χ3n) is 3.92. The van der Waals surface area contributed by atoms with Crippen LogP contribution in [0.2, 0.25) is 0 Å². The summed E-state index contributed by atoms with van der Waals surface area (Å²) < 4.78 is 1.63. The van der Waals surface area contributed by atoms with Crippen molar-refractivity contribution in [1.29, 1.82) is 0 Å². The molecule has 1 aliphatic rings. The first kappa shape index (κ1) is 15.8.